The van der Waals surface area contributed by atoms with Crippen LogP contribution in [0.5, 0.6) is 0 Å². The maximum absolute atomic E-state index is 13.7. The van der Waals surface area contributed by atoms with E-state index < -0.39 is 18.0 Å². The molecule has 7 heteroatoms. The van der Waals surface area contributed by atoms with E-state index >= 15 is 0 Å². The number of nitrogens with zero attached hydrogens (tertiary/aromatic N) is 1. The van der Waals surface area contributed by atoms with Crippen molar-refractivity contribution < 1.29 is 14.8 Å². The van der Waals surface area contributed by atoms with Crippen LogP contribution in [0.3, 0.4) is 0 Å². The van der Waals surface area contributed by atoms with Crippen molar-refractivity contribution >= 4 is 23.2 Å². The van der Waals surface area contributed by atoms with Crippen LogP contribution in [-0.4, -0.2) is 29.1 Å². The third-order valence-corrected chi connectivity index (χ3v) is 5.98. The van der Waals surface area contributed by atoms with E-state index in [0.717, 1.165) is 22.4 Å². The minimum atomic E-state index is -0.758. The quantitative estimate of drug-likeness (QED) is 0.255. The number of nitrogen functional groups attached to an aromatic ring is 1. The highest BCUT2D eigenvalue weighted by atomic mass is 16.5. The van der Waals surface area contributed by atoms with E-state index in [1.54, 1.807) is 10.4 Å². The molecule has 1 aliphatic heterocycles. The van der Waals surface area contributed by atoms with Gasteiger partial charge in [-0.05, 0) is 54.2 Å². The maximum Gasteiger partial charge on any atom is 0.260 e. The van der Waals surface area contributed by atoms with E-state index in [9.17, 15) is 14.8 Å². The van der Waals surface area contributed by atoms with E-state index in [2.05, 4.69) is 5.32 Å². The summed E-state index contributed by atoms with van der Waals surface area (Å²) in [5.74, 6) is -0.681. The van der Waals surface area contributed by atoms with Crippen LogP contribution in [0, 0.1) is 0 Å². The third-order valence-electron chi connectivity index (χ3n) is 5.98. The summed E-state index contributed by atoms with van der Waals surface area (Å²) in [6.45, 7) is 0.393. The van der Waals surface area contributed by atoms with Gasteiger partial charge >= 0.3 is 0 Å². The number of hydroxylamine groups is 1. The molecule has 7 nitrogen and oxygen atoms in total. The Morgan fingerprint density at radius 2 is 1.70 bits per heavy atom. The Kier molecular flexibility index (Phi) is 7.02. The molecule has 0 aliphatic carbocycles. The lowest BCUT2D eigenvalue weighted by atomic mass is 10.0. The van der Waals surface area contributed by atoms with Crippen LogP contribution in [0.1, 0.15) is 23.1 Å². The zero-order valence-corrected chi connectivity index (χ0v) is 18.3. The highest BCUT2D eigenvalue weighted by molar-refractivity contribution is 5.99. The van der Waals surface area contributed by atoms with E-state index in [1.807, 2.05) is 78.9 Å². The molecule has 4 rings (SSSR count). The first kappa shape index (κ1) is 22.5. The lowest BCUT2D eigenvalue weighted by Gasteiger charge is -2.28. The molecule has 2 atom stereocenters. The second-order valence-corrected chi connectivity index (χ2v) is 8.27. The predicted octanol–water partition coefficient (Wildman–Crippen LogP) is 2.82. The summed E-state index contributed by atoms with van der Waals surface area (Å²) in [6, 6.07) is 23.5. The van der Waals surface area contributed by atoms with Gasteiger partial charge in [0.15, 0.2) is 0 Å². The van der Waals surface area contributed by atoms with Crippen LogP contribution in [0.25, 0.3) is 0 Å². The van der Waals surface area contributed by atoms with Crippen molar-refractivity contribution in [3.05, 3.63) is 95.6 Å². The highest BCUT2D eigenvalue weighted by Gasteiger charge is 2.33. The number of hydrogen-bond donors (Lipinski definition) is 4. The smallest absolute Gasteiger partial charge is 0.260 e. The molecule has 0 fully saturated rings. The lowest BCUT2D eigenvalue weighted by Crippen LogP contribution is -2.54. The normalized spacial score (nSPS) is 16.6. The van der Waals surface area contributed by atoms with Gasteiger partial charge in [-0.25, -0.2) is 5.48 Å². The van der Waals surface area contributed by atoms with E-state index in [4.69, 9.17) is 5.73 Å². The molecule has 1 heterocycles. The number of nitrogens with two attached hydrogens (primary N) is 1. The molecule has 0 saturated carbocycles. The molecule has 2 amide bonds. The Labute approximate surface area is 193 Å². The molecule has 0 radical (unpaired) electrons. The predicted molar refractivity (Wildman–Crippen MR) is 128 cm³/mol. The fourth-order valence-electron chi connectivity index (χ4n) is 4.24. The first-order valence-corrected chi connectivity index (χ1v) is 11.0. The second-order valence-electron chi connectivity index (χ2n) is 8.27. The molecule has 0 spiro atoms. The van der Waals surface area contributed by atoms with Crippen LogP contribution in [0.2, 0.25) is 0 Å². The maximum atomic E-state index is 13.7. The van der Waals surface area contributed by atoms with Gasteiger partial charge < -0.3 is 10.6 Å². The van der Waals surface area contributed by atoms with Crippen molar-refractivity contribution in [3.8, 4) is 0 Å². The summed E-state index contributed by atoms with van der Waals surface area (Å²) < 4.78 is 0. The number of benzene rings is 3. The molecule has 5 N–H and O–H groups in total. The molecule has 0 saturated heterocycles. The van der Waals surface area contributed by atoms with Gasteiger partial charge in [-0.15, -0.1) is 0 Å². The molecule has 1 aliphatic rings. The number of aryl methyl sites for hydroxylation is 1. The third kappa shape index (κ3) is 5.39. The van der Waals surface area contributed by atoms with Gasteiger partial charge in [0.2, 0.25) is 5.91 Å². The first-order chi connectivity index (χ1) is 16.0. The fourth-order valence-corrected chi connectivity index (χ4v) is 4.24. The van der Waals surface area contributed by atoms with Gasteiger partial charge in [-0.2, -0.15) is 0 Å². The summed E-state index contributed by atoms with van der Waals surface area (Å²) in [5.41, 5.74) is 12.1. The van der Waals surface area contributed by atoms with Gasteiger partial charge in [0.1, 0.15) is 0 Å². The van der Waals surface area contributed by atoms with E-state index in [1.165, 1.54) is 0 Å². The minimum Gasteiger partial charge on any atom is -0.399 e. The Morgan fingerprint density at radius 3 is 2.42 bits per heavy atom. The number of nitrogens with one attached hydrogen (secondary N) is 2. The number of para-hydroxylation sites is 1. The molecular weight excluding hydrogens is 416 g/mol. The fraction of sp³-hybridized carbons (Fsp3) is 0.231. The molecule has 170 valence electrons. The first-order valence-electron chi connectivity index (χ1n) is 11.0. The molecule has 33 heavy (non-hydrogen) atoms. The van der Waals surface area contributed by atoms with Gasteiger partial charge in [0, 0.05) is 11.4 Å². The minimum absolute atomic E-state index is 0.111. The summed E-state index contributed by atoms with van der Waals surface area (Å²) in [6.07, 6.45) is 1.58. The van der Waals surface area contributed by atoms with Gasteiger partial charge in [0.25, 0.3) is 5.91 Å². The number of fused-ring (bicyclic) bond motifs is 1. The number of amides is 2. The number of rotatable bonds is 7. The van der Waals surface area contributed by atoms with Crippen molar-refractivity contribution in [2.24, 2.45) is 0 Å². The molecule has 1 unspecified atom stereocenters. The van der Waals surface area contributed by atoms with Crippen molar-refractivity contribution in [2.45, 2.75) is 37.9 Å². The number of anilines is 2. The monoisotopic (exact) mass is 444 g/mol. The van der Waals surface area contributed by atoms with Crippen molar-refractivity contribution in [1.29, 1.82) is 0 Å². The highest BCUT2D eigenvalue weighted by Crippen LogP contribution is 2.29. The topological polar surface area (TPSA) is 108 Å². The van der Waals surface area contributed by atoms with Gasteiger partial charge in [-0.3, -0.25) is 20.1 Å². The molecule has 3 aromatic carbocycles. The van der Waals surface area contributed by atoms with Crippen LogP contribution in [-0.2, 0) is 29.0 Å². The zero-order chi connectivity index (χ0) is 23.2. The van der Waals surface area contributed by atoms with Crippen molar-refractivity contribution in [1.82, 2.24) is 10.8 Å². The van der Waals surface area contributed by atoms with E-state index in [-0.39, 0.29) is 5.91 Å². The summed E-state index contributed by atoms with van der Waals surface area (Å²) in [5, 5.41) is 12.5. The average molecular weight is 445 g/mol. The van der Waals surface area contributed by atoms with E-state index in [0.29, 0.717) is 31.5 Å². The number of carbonyl (C=O) groups excluding carboxylic acids is 2. The van der Waals surface area contributed by atoms with Crippen LogP contribution < -0.4 is 21.4 Å². The Morgan fingerprint density at radius 1 is 1.00 bits per heavy atom. The summed E-state index contributed by atoms with van der Waals surface area (Å²) in [4.78, 5) is 27.9. The molecular formula is C26H28N4O3. The van der Waals surface area contributed by atoms with Crippen LogP contribution in [0.4, 0.5) is 11.4 Å². The Bertz CT molecular complexity index is 1100. The van der Waals surface area contributed by atoms with Crippen molar-refractivity contribution in [3.63, 3.8) is 0 Å². The van der Waals surface area contributed by atoms with Crippen LogP contribution in [0.15, 0.2) is 78.9 Å². The number of carbonyl (C=O) groups is 2. The van der Waals surface area contributed by atoms with Crippen LogP contribution >= 0.6 is 0 Å². The Hall–Kier alpha value is -3.68. The summed E-state index contributed by atoms with van der Waals surface area (Å²) in [7, 11) is 0. The zero-order valence-electron chi connectivity index (χ0n) is 18.3. The molecule has 0 bridgehead atoms. The molecule has 0 aromatic heterocycles. The lowest BCUT2D eigenvalue weighted by molar-refractivity contribution is -0.132. The SMILES string of the molecule is Nc1ccc(CN2C(=O)C(N[C@@H](Cc3ccccc3)C(=O)NO)CCc3ccccc32)cc1. The average Bonchev–Trinajstić information content (AvgIpc) is 2.97. The standard InChI is InChI=1S/C26H28N4O3/c27-21-13-10-19(11-14-21)17-30-24-9-5-4-8-20(24)12-15-22(26(30)32)28-23(25(31)29-33)16-18-6-2-1-3-7-18/h1-11,13-14,22-23,28,33H,12,15-17,27H2,(H,29,31)/t22?,23-/m0/s1. The second kappa shape index (κ2) is 10.3. The van der Waals surface area contributed by atoms with Gasteiger partial charge in [-0.1, -0.05) is 60.7 Å². The van der Waals surface area contributed by atoms with Crippen molar-refractivity contribution in [2.75, 3.05) is 10.6 Å². The van der Waals surface area contributed by atoms with Gasteiger partial charge in [0.05, 0.1) is 18.6 Å². The Balaban J connectivity index is 1.61. The largest absolute Gasteiger partial charge is 0.399 e. The molecule has 3 aromatic rings. The number of hydrogen-bond acceptors (Lipinski definition) is 5. The summed E-state index contributed by atoms with van der Waals surface area (Å²) >= 11 is 0.